The molecule has 0 aliphatic carbocycles. The molecule has 0 saturated heterocycles. The third kappa shape index (κ3) is 3.87. The van der Waals surface area contributed by atoms with Crippen molar-refractivity contribution in [2.45, 2.75) is 19.6 Å². The average Bonchev–Trinajstić information content (AvgIpc) is 3.24. The van der Waals surface area contributed by atoms with Crippen LogP contribution in [0.5, 0.6) is 0 Å². The number of pyridine rings is 1. The highest BCUT2D eigenvalue weighted by Crippen LogP contribution is 2.31. The molecule has 0 aliphatic rings. The first-order valence-electron chi connectivity index (χ1n) is 10.1. The smallest absolute Gasteiger partial charge is 0.276 e. The van der Waals surface area contributed by atoms with Gasteiger partial charge in [0, 0.05) is 35.6 Å². The van der Waals surface area contributed by atoms with E-state index >= 15 is 0 Å². The summed E-state index contributed by atoms with van der Waals surface area (Å²) in [5.41, 5.74) is 4.90. The molecule has 5 nitrogen and oxygen atoms in total. The maximum atomic E-state index is 13.3. The maximum Gasteiger partial charge on any atom is 0.276 e. The fourth-order valence-corrected chi connectivity index (χ4v) is 4.75. The van der Waals surface area contributed by atoms with Gasteiger partial charge in [-0.3, -0.25) is 9.78 Å². The average molecular weight is 428 g/mol. The second-order valence-corrected chi connectivity index (χ2v) is 8.35. The van der Waals surface area contributed by atoms with Crippen molar-refractivity contribution in [2.75, 3.05) is 7.11 Å². The van der Waals surface area contributed by atoms with E-state index < -0.39 is 0 Å². The Morgan fingerprint density at radius 3 is 2.87 bits per heavy atom. The lowest BCUT2D eigenvalue weighted by atomic mass is 10.0. The van der Waals surface area contributed by atoms with Crippen LogP contribution in [0.1, 0.15) is 11.3 Å². The van der Waals surface area contributed by atoms with Crippen molar-refractivity contribution in [3.63, 3.8) is 0 Å². The molecular formula is C25H21N3O2S. The summed E-state index contributed by atoms with van der Waals surface area (Å²) in [5, 5.41) is 8.28. The minimum absolute atomic E-state index is 0.0633. The topological polar surface area (TPSA) is 57.0 Å². The van der Waals surface area contributed by atoms with Gasteiger partial charge in [-0.25, -0.2) is 4.68 Å². The lowest BCUT2D eigenvalue weighted by molar-refractivity contribution is 0.185. The number of aryl methyl sites for hydroxylation is 2. The van der Waals surface area contributed by atoms with Crippen LogP contribution in [-0.2, 0) is 24.3 Å². The molecule has 0 atom stereocenters. The zero-order valence-corrected chi connectivity index (χ0v) is 17.9. The van der Waals surface area contributed by atoms with Gasteiger partial charge in [0.15, 0.2) is 0 Å². The molecule has 0 saturated carbocycles. The summed E-state index contributed by atoms with van der Waals surface area (Å²) < 4.78 is 7.70. The van der Waals surface area contributed by atoms with Gasteiger partial charge in [0.25, 0.3) is 5.56 Å². The number of ether oxygens (including phenoxy) is 1. The highest BCUT2D eigenvalue weighted by Gasteiger charge is 2.13. The van der Waals surface area contributed by atoms with Gasteiger partial charge < -0.3 is 4.74 Å². The second-order valence-electron chi connectivity index (χ2n) is 7.44. The van der Waals surface area contributed by atoms with Gasteiger partial charge in [0.2, 0.25) is 0 Å². The number of thiophene rings is 1. The van der Waals surface area contributed by atoms with Crippen LogP contribution in [0, 0.1) is 0 Å². The summed E-state index contributed by atoms with van der Waals surface area (Å²) in [6.45, 7) is 1.03. The Hall–Kier alpha value is -3.35. The molecule has 3 heterocycles. The van der Waals surface area contributed by atoms with E-state index in [4.69, 9.17) is 9.72 Å². The first-order chi connectivity index (χ1) is 15.2. The van der Waals surface area contributed by atoms with Gasteiger partial charge in [-0.05, 0) is 29.3 Å². The molecule has 0 aliphatic heterocycles. The molecule has 2 aromatic carbocycles. The SMILES string of the molecule is COCc1cccc(-c2csc3cnn(CCc4ccc5ccccc5n4)c(=O)c23)c1. The molecule has 31 heavy (non-hydrogen) atoms. The molecular weight excluding hydrogens is 406 g/mol. The molecule has 0 amide bonds. The van der Waals surface area contributed by atoms with Crippen LogP contribution in [0.4, 0.5) is 0 Å². The molecule has 154 valence electrons. The van der Waals surface area contributed by atoms with Crippen molar-refractivity contribution in [1.29, 1.82) is 0 Å². The summed E-state index contributed by atoms with van der Waals surface area (Å²) in [4.78, 5) is 18.0. The number of benzene rings is 2. The molecule has 3 aromatic heterocycles. The van der Waals surface area contributed by atoms with Crippen LogP contribution >= 0.6 is 11.3 Å². The molecule has 0 spiro atoms. The van der Waals surface area contributed by atoms with Crippen molar-refractivity contribution in [3.05, 3.63) is 93.9 Å². The van der Waals surface area contributed by atoms with E-state index in [2.05, 4.69) is 17.2 Å². The number of hydrogen-bond acceptors (Lipinski definition) is 5. The van der Waals surface area contributed by atoms with E-state index in [1.165, 1.54) is 0 Å². The lowest BCUT2D eigenvalue weighted by Crippen LogP contribution is -2.23. The molecule has 5 aromatic rings. The number of methoxy groups -OCH3 is 1. The predicted molar refractivity (Wildman–Crippen MR) is 125 cm³/mol. The van der Waals surface area contributed by atoms with Crippen molar-refractivity contribution in [3.8, 4) is 11.1 Å². The van der Waals surface area contributed by atoms with Crippen LogP contribution in [0.3, 0.4) is 0 Å². The normalized spacial score (nSPS) is 11.4. The maximum absolute atomic E-state index is 13.3. The quantitative estimate of drug-likeness (QED) is 0.380. The first kappa shape index (κ1) is 19.6. The van der Waals surface area contributed by atoms with Crippen molar-refractivity contribution >= 4 is 32.3 Å². The fraction of sp³-hybridized carbons (Fsp3) is 0.160. The minimum Gasteiger partial charge on any atom is -0.380 e. The number of rotatable bonds is 6. The number of hydrogen-bond donors (Lipinski definition) is 0. The van der Waals surface area contributed by atoms with Gasteiger partial charge in [-0.2, -0.15) is 5.10 Å². The number of aromatic nitrogens is 3. The molecule has 0 bridgehead atoms. The molecule has 0 N–H and O–H groups in total. The van der Waals surface area contributed by atoms with Crippen molar-refractivity contribution in [1.82, 2.24) is 14.8 Å². The molecule has 0 radical (unpaired) electrons. The van der Waals surface area contributed by atoms with E-state index in [-0.39, 0.29) is 5.56 Å². The molecule has 0 unspecified atom stereocenters. The third-order valence-electron chi connectivity index (χ3n) is 5.37. The van der Waals surface area contributed by atoms with E-state index in [9.17, 15) is 4.79 Å². The van der Waals surface area contributed by atoms with Crippen LogP contribution < -0.4 is 5.56 Å². The summed E-state index contributed by atoms with van der Waals surface area (Å²) in [7, 11) is 1.68. The Bertz CT molecular complexity index is 1440. The van der Waals surface area contributed by atoms with Gasteiger partial charge in [-0.1, -0.05) is 42.5 Å². The third-order valence-corrected chi connectivity index (χ3v) is 6.28. The van der Waals surface area contributed by atoms with Crippen molar-refractivity contribution in [2.24, 2.45) is 0 Å². The first-order valence-corrected chi connectivity index (χ1v) is 11.0. The zero-order chi connectivity index (χ0) is 21.2. The number of fused-ring (bicyclic) bond motifs is 2. The van der Waals surface area contributed by atoms with E-state index in [1.54, 1.807) is 29.3 Å². The van der Waals surface area contributed by atoms with Crippen LogP contribution in [0.25, 0.3) is 32.1 Å². The second kappa shape index (κ2) is 8.41. The Morgan fingerprint density at radius 1 is 1.06 bits per heavy atom. The Kier molecular flexibility index (Phi) is 5.32. The highest BCUT2D eigenvalue weighted by atomic mass is 32.1. The van der Waals surface area contributed by atoms with Gasteiger partial charge in [0.05, 0.1) is 35.0 Å². The number of para-hydroxylation sites is 1. The molecule has 5 rings (SSSR count). The van der Waals surface area contributed by atoms with Crippen LogP contribution in [-0.4, -0.2) is 21.9 Å². The summed E-state index contributed by atoms with van der Waals surface area (Å²) >= 11 is 1.55. The highest BCUT2D eigenvalue weighted by molar-refractivity contribution is 7.17. The van der Waals surface area contributed by atoms with Crippen LogP contribution in [0.2, 0.25) is 0 Å². The zero-order valence-electron chi connectivity index (χ0n) is 17.1. The Labute approximate surface area is 183 Å². The Balaban J connectivity index is 1.47. The van der Waals surface area contributed by atoms with Gasteiger partial charge >= 0.3 is 0 Å². The fourth-order valence-electron chi connectivity index (χ4n) is 3.83. The van der Waals surface area contributed by atoms with Gasteiger partial charge in [0.1, 0.15) is 0 Å². The largest absolute Gasteiger partial charge is 0.380 e. The molecule has 0 fully saturated rings. The summed E-state index contributed by atoms with van der Waals surface area (Å²) in [5.74, 6) is 0. The minimum atomic E-state index is -0.0633. The monoisotopic (exact) mass is 427 g/mol. The predicted octanol–water partition coefficient (Wildman–Crippen LogP) is 5.06. The lowest BCUT2D eigenvalue weighted by Gasteiger charge is -2.07. The Morgan fingerprint density at radius 2 is 1.97 bits per heavy atom. The summed E-state index contributed by atoms with van der Waals surface area (Å²) in [6.07, 6.45) is 2.43. The van der Waals surface area contributed by atoms with Crippen LogP contribution in [0.15, 0.2) is 77.0 Å². The van der Waals surface area contributed by atoms with E-state index in [0.29, 0.717) is 19.6 Å². The molecule has 6 heteroatoms. The standard InChI is InChI=1S/C25H21N3O2S/c1-30-15-17-5-4-7-19(13-17)21-16-31-23-14-26-28(25(29)24(21)23)12-11-20-10-9-18-6-2-3-8-22(18)27-20/h2-10,13-14,16H,11-12,15H2,1H3. The van der Waals surface area contributed by atoms with Gasteiger partial charge in [-0.15, -0.1) is 11.3 Å². The van der Waals surface area contributed by atoms with E-state index in [1.807, 2.05) is 53.9 Å². The van der Waals surface area contributed by atoms with Crippen molar-refractivity contribution < 1.29 is 4.74 Å². The van der Waals surface area contributed by atoms with E-state index in [0.717, 1.165) is 43.4 Å². The summed E-state index contributed by atoms with van der Waals surface area (Å²) in [6, 6.07) is 20.3. The number of nitrogens with zero attached hydrogens (tertiary/aromatic N) is 3.